The molecule has 3 heterocycles. The molecule has 0 unspecified atom stereocenters. The van der Waals surface area contributed by atoms with Crippen molar-refractivity contribution in [2.24, 2.45) is 0 Å². The van der Waals surface area contributed by atoms with Gasteiger partial charge in [-0.3, -0.25) is 4.90 Å². The van der Waals surface area contributed by atoms with Gasteiger partial charge in [-0.25, -0.2) is 22.9 Å². The largest absolute Gasteiger partial charge is 0.465 e. The van der Waals surface area contributed by atoms with Gasteiger partial charge in [0.2, 0.25) is 0 Å². The molecule has 0 atom stereocenters. The first kappa shape index (κ1) is 25.9. The lowest BCUT2D eigenvalue weighted by Gasteiger charge is -2.22. The van der Waals surface area contributed by atoms with E-state index in [1.807, 2.05) is 0 Å². The predicted molar refractivity (Wildman–Crippen MR) is 138 cm³/mol. The number of nitrogens with two attached hydrogens (primary N) is 2. The molecule has 14 heteroatoms. The molecule has 5 aromatic rings. The fraction of sp³-hybridized carbons (Fsp3) is 0.0769. The number of hydrogen-bond acceptors (Lipinski definition) is 8. The quantitative estimate of drug-likeness (QED) is 0.286. The van der Waals surface area contributed by atoms with E-state index in [-0.39, 0.29) is 57.5 Å². The number of anilines is 3. The fourth-order valence-corrected chi connectivity index (χ4v) is 4.13. The van der Waals surface area contributed by atoms with Crippen LogP contribution in [0.3, 0.4) is 0 Å². The summed E-state index contributed by atoms with van der Waals surface area (Å²) >= 11 is 0. The van der Waals surface area contributed by atoms with E-state index in [1.165, 1.54) is 18.2 Å². The highest BCUT2D eigenvalue weighted by molar-refractivity contribution is 5.94. The van der Waals surface area contributed by atoms with Crippen molar-refractivity contribution < 1.29 is 23.1 Å². The summed E-state index contributed by atoms with van der Waals surface area (Å²) in [4.78, 5) is 25.1. The van der Waals surface area contributed by atoms with Crippen molar-refractivity contribution in [2.45, 2.75) is 13.0 Å². The summed E-state index contributed by atoms with van der Waals surface area (Å²) in [6.45, 7) is -0.517. The van der Waals surface area contributed by atoms with Crippen LogP contribution in [0.4, 0.5) is 35.3 Å². The molecule has 3 aromatic heterocycles. The Kier molecular flexibility index (Phi) is 6.62. The lowest BCUT2D eigenvalue weighted by atomic mass is 10.1. The lowest BCUT2D eigenvalue weighted by molar-refractivity contribution is 0.201. The smallest absolute Gasteiger partial charge is 0.412 e. The summed E-state index contributed by atoms with van der Waals surface area (Å²) in [6.07, 6.45) is -0.527. The molecule has 40 heavy (non-hydrogen) atoms. The molecule has 0 radical (unpaired) electrons. The Morgan fingerprint density at radius 3 is 2.40 bits per heavy atom. The van der Waals surface area contributed by atoms with Gasteiger partial charge in [-0.2, -0.15) is 25.0 Å². The van der Waals surface area contributed by atoms with Crippen LogP contribution in [0, 0.1) is 28.8 Å². The number of nitrogens with zero attached hydrogens (tertiary/aromatic N) is 7. The maximum Gasteiger partial charge on any atom is 0.412 e. The molecule has 1 amide bonds. The molecule has 5 rings (SSSR count). The number of amides is 1. The van der Waals surface area contributed by atoms with Crippen molar-refractivity contribution in [1.29, 1.82) is 5.26 Å². The minimum absolute atomic E-state index is 0.0147. The topological polar surface area (TPSA) is 173 Å². The van der Waals surface area contributed by atoms with Gasteiger partial charge in [0.25, 0.3) is 5.95 Å². The average molecular weight is 545 g/mol. The predicted octanol–water partition coefficient (Wildman–Crippen LogP) is 3.94. The second-order valence-electron chi connectivity index (χ2n) is 8.58. The number of aromatic nitrogens is 5. The Morgan fingerprint density at radius 1 is 1.02 bits per heavy atom. The van der Waals surface area contributed by atoms with Gasteiger partial charge >= 0.3 is 6.09 Å². The van der Waals surface area contributed by atoms with Gasteiger partial charge in [0, 0.05) is 18.1 Å². The van der Waals surface area contributed by atoms with Crippen LogP contribution in [0.15, 0.2) is 54.7 Å². The zero-order valence-corrected chi connectivity index (χ0v) is 20.4. The molecule has 0 spiro atoms. The van der Waals surface area contributed by atoms with E-state index in [0.717, 1.165) is 23.0 Å². The molecular weight excluding hydrogens is 527 g/mol. The van der Waals surface area contributed by atoms with Crippen LogP contribution in [-0.2, 0) is 13.0 Å². The Labute approximate surface area is 223 Å². The third-order valence-electron chi connectivity index (χ3n) is 6.00. The highest BCUT2D eigenvalue weighted by Gasteiger charge is 2.26. The SMILES string of the molecule is N#Cc1ccc(CN(C(=O)O)c2c(N)nc(-n3nc(Cc4ccccc4F)c4ncc(F)cc43)nc2N)c(F)c1. The molecule has 0 aliphatic carbocycles. The zero-order valence-electron chi connectivity index (χ0n) is 20.4. The minimum atomic E-state index is -1.53. The van der Waals surface area contributed by atoms with Gasteiger partial charge in [-0.1, -0.05) is 24.3 Å². The number of fused-ring (bicyclic) bond motifs is 1. The van der Waals surface area contributed by atoms with E-state index in [2.05, 4.69) is 20.1 Å². The van der Waals surface area contributed by atoms with Crippen molar-refractivity contribution in [3.63, 3.8) is 0 Å². The van der Waals surface area contributed by atoms with E-state index in [1.54, 1.807) is 24.3 Å². The molecule has 5 N–H and O–H groups in total. The summed E-state index contributed by atoms with van der Waals surface area (Å²) in [5.41, 5.74) is 12.9. The standard InChI is InChI=1S/C26H18F3N9O2/c27-16-9-20-21(33-11-16)19(8-14-3-1-2-4-17(14)28)36-38(20)25-34-23(31)22(24(32)35-25)37(26(39)40)12-15-6-5-13(10-30)7-18(15)29/h1-7,9,11H,8,12H2,(H,39,40)(H4,31,32,34,35). The second kappa shape index (κ2) is 10.2. The van der Waals surface area contributed by atoms with E-state index >= 15 is 0 Å². The van der Waals surface area contributed by atoms with Crippen molar-refractivity contribution in [2.75, 3.05) is 16.4 Å². The van der Waals surface area contributed by atoms with Crippen LogP contribution in [0.1, 0.15) is 22.4 Å². The summed E-state index contributed by atoms with van der Waals surface area (Å²) in [5.74, 6) is -2.96. The number of carbonyl (C=O) groups is 1. The Balaban J connectivity index is 1.58. The molecule has 200 valence electrons. The number of nitrogen functional groups attached to an aromatic ring is 2. The highest BCUT2D eigenvalue weighted by Crippen LogP contribution is 2.32. The van der Waals surface area contributed by atoms with E-state index in [0.29, 0.717) is 10.5 Å². The third-order valence-corrected chi connectivity index (χ3v) is 6.00. The van der Waals surface area contributed by atoms with Gasteiger partial charge < -0.3 is 16.6 Å². The van der Waals surface area contributed by atoms with Crippen LogP contribution < -0.4 is 16.4 Å². The van der Waals surface area contributed by atoms with Crippen LogP contribution >= 0.6 is 0 Å². The Hall–Kier alpha value is -5.71. The van der Waals surface area contributed by atoms with Gasteiger partial charge in [-0.05, 0) is 23.8 Å². The average Bonchev–Trinajstić information content (AvgIpc) is 3.26. The molecule has 0 aliphatic heterocycles. The van der Waals surface area contributed by atoms with Crippen LogP contribution in [0.25, 0.3) is 17.0 Å². The fourth-order valence-electron chi connectivity index (χ4n) is 4.13. The highest BCUT2D eigenvalue weighted by atomic mass is 19.1. The summed E-state index contributed by atoms with van der Waals surface area (Å²) < 4.78 is 44.1. The van der Waals surface area contributed by atoms with Crippen molar-refractivity contribution in [3.8, 4) is 12.0 Å². The van der Waals surface area contributed by atoms with E-state index in [4.69, 9.17) is 16.7 Å². The summed E-state index contributed by atoms with van der Waals surface area (Å²) in [6, 6.07) is 12.6. The molecule has 0 aliphatic rings. The number of nitriles is 1. The minimum Gasteiger partial charge on any atom is -0.465 e. The number of benzene rings is 2. The van der Waals surface area contributed by atoms with Gasteiger partial charge in [0.05, 0.1) is 35.6 Å². The Morgan fingerprint density at radius 2 is 1.75 bits per heavy atom. The third kappa shape index (κ3) is 4.78. The zero-order chi connectivity index (χ0) is 28.6. The molecular formula is C26H18F3N9O2. The first-order chi connectivity index (χ1) is 19.2. The van der Waals surface area contributed by atoms with Crippen molar-refractivity contribution in [1.82, 2.24) is 24.7 Å². The monoisotopic (exact) mass is 545 g/mol. The Bertz CT molecular complexity index is 1810. The number of rotatable bonds is 6. The molecule has 0 fully saturated rings. The number of hydrogen-bond donors (Lipinski definition) is 3. The molecule has 0 saturated heterocycles. The van der Waals surface area contributed by atoms with E-state index in [9.17, 15) is 23.1 Å². The normalized spacial score (nSPS) is 10.9. The van der Waals surface area contributed by atoms with Gasteiger partial charge in [-0.15, -0.1) is 0 Å². The molecule has 2 aromatic carbocycles. The number of pyridine rings is 1. The van der Waals surface area contributed by atoms with Crippen molar-refractivity contribution >= 4 is 34.4 Å². The van der Waals surface area contributed by atoms with Gasteiger partial charge in [0.15, 0.2) is 11.6 Å². The van der Waals surface area contributed by atoms with Gasteiger partial charge in [0.1, 0.15) is 28.7 Å². The first-order valence-electron chi connectivity index (χ1n) is 11.5. The number of carboxylic acid groups (broad SMARTS) is 1. The summed E-state index contributed by atoms with van der Waals surface area (Å²) in [7, 11) is 0. The van der Waals surface area contributed by atoms with E-state index < -0.39 is 30.1 Å². The molecule has 0 bridgehead atoms. The maximum absolute atomic E-state index is 14.5. The second-order valence-corrected chi connectivity index (χ2v) is 8.58. The number of halogens is 3. The lowest BCUT2D eigenvalue weighted by Crippen LogP contribution is -2.31. The van der Waals surface area contributed by atoms with Crippen LogP contribution in [0.5, 0.6) is 0 Å². The maximum atomic E-state index is 14.5. The molecule has 11 nitrogen and oxygen atoms in total. The van der Waals surface area contributed by atoms with Crippen molar-refractivity contribution in [3.05, 3.63) is 94.6 Å². The first-order valence-corrected chi connectivity index (χ1v) is 11.5. The summed E-state index contributed by atoms with van der Waals surface area (Å²) in [5, 5.41) is 23.2. The molecule has 0 saturated carbocycles. The van der Waals surface area contributed by atoms with Crippen LogP contribution in [-0.4, -0.2) is 35.9 Å². The van der Waals surface area contributed by atoms with Crippen LogP contribution in [0.2, 0.25) is 0 Å².